The largest absolute Gasteiger partial charge is 0.427 e. The molecule has 11 aliphatic rings. The molecule has 5 aliphatic heterocycles. The fourth-order valence-corrected chi connectivity index (χ4v) is 15.9. The van der Waals surface area contributed by atoms with Crippen molar-refractivity contribution in [2.75, 3.05) is 25.6 Å². The highest BCUT2D eigenvalue weighted by atomic mass is 33.1. The van der Waals surface area contributed by atoms with Gasteiger partial charge in [-0.05, 0) is 136 Å². The number of fused-ring (bicyclic) bond motifs is 2. The third kappa shape index (κ3) is 7.19. The van der Waals surface area contributed by atoms with E-state index < -0.39 is 22.7 Å². The molecule has 7 unspecified atom stereocenters. The Bertz CT molecular complexity index is 2100. The average Bonchev–Trinajstić information content (AvgIpc) is 4.05. The lowest BCUT2D eigenvalue weighted by atomic mass is 9.43. The number of amides is 2. The Morgan fingerprint density at radius 3 is 2.48 bits per heavy atom. The quantitative estimate of drug-likeness (QED) is 0.108. The molecular weight excluding hydrogens is 823 g/mol. The molecule has 0 aromatic rings. The predicted octanol–water partition coefficient (Wildman–Crippen LogP) is 7.63. The van der Waals surface area contributed by atoms with E-state index in [-0.39, 0.29) is 65.9 Å². The third-order valence-corrected chi connectivity index (χ3v) is 19.1. The van der Waals surface area contributed by atoms with E-state index in [0.717, 1.165) is 98.9 Å². The van der Waals surface area contributed by atoms with Crippen molar-refractivity contribution in [1.29, 1.82) is 0 Å². The Morgan fingerprint density at radius 2 is 1.73 bits per heavy atom. The van der Waals surface area contributed by atoms with Crippen molar-refractivity contribution in [3.8, 4) is 0 Å². The molecule has 0 radical (unpaired) electrons. The first-order valence-corrected chi connectivity index (χ1v) is 25.9. The highest BCUT2D eigenvalue weighted by molar-refractivity contribution is 8.76. The van der Waals surface area contributed by atoms with Gasteiger partial charge in [0, 0.05) is 60.7 Å². The minimum atomic E-state index is -0.943. The Hall–Kier alpha value is -3.52. The van der Waals surface area contributed by atoms with E-state index in [9.17, 15) is 24.6 Å². The molecule has 6 aliphatic carbocycles. The number of aliphatic hydroxyl groups excluding tert-OH is 2. The number of nitrogens with one attached hydrogen (secondary N) is 2. The predicted molar refractivity (Wildman–Crippen MR) is 238 cm³/mol. The molecular formula is C49H61N3O8S2. The van der Waals surface area contributed by atoms with Gasteiger partial charge in [0.05, 0.1) is 22.7 Å². The lowest BCUT2D eigenvalue weighted by Crippen LogP contribution is -2.54. The lowest BCUT2D eigenvalue weighted by Gasteiger charge is -2.57. The standard InChI is InChI=1S/C49H61N3O8S2/c1-2-48(19-3-4-20-48)25-36-34-12-11-33-32-17-21-49(43(33)42(34)45(56)59-36)37-14-13-31(29-9-7-28(8-10-29)6-5-23-53)47(58)62-61-27-51-38-24-30(18-22-50-38)35(41(32)44(49)46(57)60-37)26-52-39(54)15-16-40(52)55/h14-16,18,24-25,28-29,31-33,35,43,47,50-51,53,58H,2-13,17,19-23,26-27H2,1H3. The maximum absolute atomic E-state index is 15.0. The fourth-order valence-electron chi connectivity index (χ4n) is 13.8. The lowest BCUT2D eigenvalue weighted by molar-refractivity contribution is -0.138. The zero-order valence-electron chi connectivity index (χ0n) is 35.8. The van der Waals surface area contributed by atoms with E-state index in [4.69, 9.17) is 9.47 Å². The van der Waals surface area contributed by atoms with Crippen LogP contribution in [-0.4, -0.2) is 69.9 Å². The van der Waals surface area contributed by atoms with Crippen LogP contribution in [0.1, 0.15) is 110 Å². The van der Waals surface area contributed by atoms with Crippen molar-refractivity contribution in [3.05, 3.63) is 81.7 Å². The van der Waals surface area contributed by atoms with Crippen LogP contribution in [0.3, 0.4) is 0 Å². The number of ether oxygens (including phenoxy) is 2. The molecule has 1 saturated heterocycles. The topological polar surface area (TPSA) is 154 Å². The number of allylic oxidation sites excluding steroid dienone is 5. The molecule has 4 fully saturated rings. The first-order chi connectivity index (χ1) is 30.1. The van der Waals surface area contributed by atoms with Crippen molar-refractivity contribution in [2.24, 2.45) is 52.3 Å². The summed E-state index contributed by atoms with van der Waals surface area (Å²) in [6.45, 7) is 3.06. The Kier molecular flexibility index (Phi) is 11.7. The van der Waals surface area contributed by atoms with Crippen LogP contribution in [0.4, 0.5) is 0 Å². The van der Waals surface area contributed by atoms with Crippen LogP contribution < -0.4 is 10.6 Å². The summed E-state index contributed by atoms with van der Waals surface area (Å²) in [7, 11) is 3.05. The van der Waals surface area contributed by atoms with E-state index in [2.05, 4.69) is 41.9 Å². The molecule has 11 nitrogen and oxygen atoms in total. The van der Waals surface area contributed by atoms with E-state index in [1.165, 1.54) is 40.7 Å². The molecule has 62 heavy (non-hydrogen) atoms. The van der Waals surface area contributed by atoms with Gasteiger partial charge in [0.25, 0.3) is 11.8 Å². The van der Waals surface area contributed by atoms with Gasteiger partial charge in [-0.25, -0.2) is 9.59 Å². The van der Waals surface area contributed by atoms with Crippen molar-refractivity contribution < 1.29 is 38.9 Å². The van der Waals surface area contributed by atoms with Crippen LogP contribution in [0.2, 0.25) is 0 Å². The second-order valence-electron chi connectivity index (χ2n) is 19.6. The van der Waals surface area contributed by atoms with E-state index in [1.807, 2.05) is 0 Å². The number of hydrogen-bond acceptors (Lipinski definition) is 12. The summed E-state index contributed by atoms with van der Waals surface area (Å²) in [4.78, 5) is 57.5. The number of nitrogens with zero attached hydrogens (tertiary/aromatic N) is 1. The molecule has 5 heterocycles. The summed E-state index contributed by atoms with van der Waals surface area (Å²) in [5.41, 5.74) is 2.57. The zero-order chi connectivity index (χ0) is 42.8. The van der Waals surface area contributed by atoms with Gasteiger partial charge in [-0.1, -0.05) is 60.3 Å². The Balaban J connectivity index is 1.13. The molecule has 4 N–H and O–H groups in total. The Labute approximate surface area is 372 Å². The highest BCUT2D eigenvalue weighted by Crippen LogP contribution is 2.72. The summed E-state index contributed by atoms with van der Waals surface area (Å²) in [5.74, 6) is 1.11. The number of hydrogen-bond donors (Lipinski definition) is 4. The number of esters is 2. The summed E-state index contributed by atoms with van der Waals surface area (Å²) in [6.07, 6.45) is 26.1. The van der Waals surface area contributed by atoms with Crippen LogP contribution >= 0.6 is 21.6 Å². The maximum Gasteiger partial charge on any atom is 0.340 e. The summed E-state index contributed by atoms with van der Waals surface area (Å²) >= 11 is 0. The van der Waals surface area contributed by atoms with Gasteiger partial charge in [0.1, 0.15) is 17.0 Å². The number of aliphatic hydroxyl groups is 2. The minimum absolute atomic E-state index is 0.00795. The van der Waals surface area contributed by atoms with E-state index in [0.29, 0.717) is 54.5 Å². The molecule has 0 aromatic carbocycles. The summed E-state index contributed by atoms with van der Waals surface area (Å²) < 4.78 is 13.0. The summed E-state index contributed by atoms with van der Waals surface area (Å²) in [6, 6.07) is 0. The molecule has 13 heteroatoms. The average molecular weight is 884 g/mol. The number of carbonyl (C=O) groups is 4. The van der Waals surface area contributed by atoms with Crippen LogP contribution in [0.25, 0.3) is 0 Å². The molecule has 2 amide bonds. The van der Waals surface area contributed by atoms with Gasteiger partial charge < -0.3 is 30.3 Å². The van der Waals surface area contributed by atoms with Crippen molar-refractivity contribution in [2.45, 2.75) is 115 Å². The van der Waals surface area contributed by atoms with Gasteiger partial charge in [-0.3, -0.25) is 14.5 Å². The molecule has 3 saturated carbocycles. The van der Waals surface area contributed by atoms with Gasteiger partial charge in [-0.2, -0.15) is 0 Å². The number of rotatable bonds is 8. The van der Waals surface area contributed by atoms with Crippen molar-refractivity contribution >= 4 is 45.3 Å². The van der Waals surface area contributed by atoms with Gasteiger partial charge in [0.2, 0.25) is 0 Å². The maximum atomic E-state index is 15.0. The second-order valence-corrected chi connectivity index (χ2v) is 22.1. The van der Waals surface area contributed by atoms with Crippen molar-refractivity contribution in [3.63, 3.8) is 0 Å². The minimum Gasteiger partial charge on any atom is -0.427 e. The molecule has 1 spiro atoms. The molecule has 11 rings (SSSR count). The molecule has 7 bridgehead atoms. The first-order valence-electron chi connectivity index (χ1n) is 23.5. The van der Waals surface area contributed by atoms with Gasteiger partial charge >= 0.3 is 11.9 Å². The first kappa shape index (κ1) is 42.4. The third-order valence-electron chi connectivity index (χ3n) is 16.8. The molecule has 332 valence electrons. The van der Waals surface area contributed by atoms with Crippen LogP contribution in [0.15, 0.2) is 81.7 Å². The number of imide groups is 1. The van der Waals surface area contributed by atoms with Gasteiger partial charge in [0.15, 0.2) is 0 Å². The number of cyclic esters (lactones) is 1. The second kappa shape index (κ2) is 17.1. The number of dihydropyridines is 1. The van der Waals surface area contributed by atoms with Crippen LogP contribution in [0, 0.1) is 52.3 Å². The monoisotopic (exact) mass is 883 g/mol. The zero-order valence-corrected chi connectivity index (χ0v) is 37.5. The smallest absolute Gasteiger partial charge is 0.340 e. The fraction of sp³-hybridized carbons (Fsp3) is 0.633. The van der Waals surface area contributed by atoms with Crippen molar-refractivity contribution in [1.82, 2.24) is 15.5 Å². The van der Waals surface area contributed by atoms with E-state index >= 15 is 4.79 Å². The molecule has 7 atom stereocenters. The van der Waals surface area contributed by atoms with Gasteiger partial charge in [-0.15, -0.1) is 0 Å². The molecule has 0 aromatic heterocycles. The highest BCUT2D eigenvalue weighted by Gasteiger charge is 2.69. The van der Waals surface area contributed by atoms with E-state index in [1.54, 1.807) is 10.8 Å². The van der Waals surface area contributed by atoms with Crippen LogP contribution in [-0.2, 0) is 28.7 Å². The summed E-state index contributed by atoms with van der Waals surface area (Å²) in [5, 5.41) is 28.5. The van der Waals surface area contributed by atoms with Crippen LogP contribution in [0.5, 0.6) is 0 Å². The SMILES string of the molecule is CCC1(C=C2OC(=O)C3=C2CCC2C4CCC5(C6=CCC(C7CCC(CCCO)CC7)C(O)SSCNC7=CC(=CCN7)C(CN7C(=O)C=CC7=O)C4=C5C(=O)O6)C32)CCCC1. The normalized spacial score (nSPS) is 37.1. The number of carbonyl (C=O) groups excluding carboxylic acids is 4. The Morgan fingerprint density at radius 1 is 0.935 bits per heavy atom.